The molecule has 1 saturated carbocycles. The summed E-state index contributed by atoms with van der Waals surface area (Å²) in [6, 6.07) is 12.5. The average Bonchev–Trinajstić information content (AvgIpc) is 3.20. The van der Waals surface area contributed by atoms with E-state index in [2.05, 4.69) is 5.32 Å². The summed E-state index contributed by atoms with van der Waals surface area (Å²) in [6.07, 6.45) is -1.25. The van der Waals surface area contributed by atoms with E-state index in [1.165, 1.54) is 6.07 Å². The van der Waals surface area contributed by atoms with Gasteiger partial charge in [0.05, 0.1) is 17.0 Å². The molecule has 3 rings (SSSR count). The first-order valence-corrected chi connectivity index (χ1v) is 11.1. The van der Waals surface area contributed by atoms with Gasteiger partial charge in [-0.25, -0.2) is 8.42 Å². The minimum absolute atomic E-state index is 0.0266. The fourth-order valence-electron chi connectivity index (χ4n) is 3.58. The lowest BCUT2D eigenvalue weighted by Crippen LogP contribution is -2.43. The number of nitrogens with zero attached hydrogens (tertiary/aromatic N) is 1. The molecule has 162 valence electrons. The van der Waals surface area contributed by atoms with Crippen LogP contribution in [-0.4, -0.2) is 31.2 Å². The van der Waals surface area contributed by atoms with E-state index in [0.29, 0.717) is 5.56 Å². The lowest BCUT2D eigenvalue weighted by Gasteiger charge is -2.24. The zero-order valence-electron chi connectivity index (χ0n) is 16.2. The van der Waals surface area contributed by atoms with E-state index in [-0.39, 0.29) is 12.6 Å². The van der Waals surface area contributed by atoms with Crippen LogP contribution in [-0.2, 0) is 27.5 Å². The maximum Gasteiger partial charge on any atom is 0.417 e. The Balaban J connectivity index is 1.93. The first kappa shape index (κ1) is 22.3. The Bertz CT molecular complexity index is 972. The third kappa shape index (κ3) is 5.40. The van der Waals surface area contributed by atoms with Crippen molar-refractivity contribution >= 4 is 15.9 Å². The fourth-order valence-corrected chi connectivity index (χ4v) is 5.18. The number of hydrogen-bond donors (Lipinski definition) is 1. The van der Waals surface area contributed by atoms with Gasteiger partial charge in [-0.2, -0.15) is 17.5 Å². The second-order valence-corrected chi connectivity index (χ2v) is 9.21. The average molecular weight is 440 g/mol. The van der Waals surface area contributed by atoms with Gasteiger partial charge in [0.2, 0.25) is 15.9 Å². The number of carbonyl (C=O) groups excluding carboxylic acids is 1. The fraction of sp³-hybridized carbons (Fsp3) is 0.381. The number of benzene rings is 2. The van der Waals surface area contributed by atoms with Crippen molar-refractivity contribution in [2.45, 2.75) is 49.3 Å². The minimum atomic E-state index is -4.84. The SMILES string of the molecule is O=C(CN(Cc1ccccc1)S(=O)(=O)c1ccccc1C(F)(F)F)NC1CCCC1. The Morgan fingerprint density at radius 2 is 1.60 bits per heavy atom. The van der Waals surface area contributed by atoms with Gasteiger partial charge >= 0.3 is 6.18 Å². The molecular weight excluding hydrogens is 417 g/mol. The Morgan fingerprint density at radius 1 is 1.00 bits per heavy atom. The van der Waals surface area contributed by atoms with Crippen molar-refractivity contribution in [1.82, 2.24) is 9.62 Å². The molecule has 30 heavy (non-hydrogen) atoms. The topological polar surface area (TPSA) is 66.5 Å². The molecule has 5 nitrogen and oxygen atoms in total. The summed E-state index contributed by atoms with van der Waals surface area (Å²) in [5.74, 6) is -0.522. The zero-order chi connectivity index (χ0) is 21.8. The lowest BCUT2D eigenvalue weighted by molar-refractivity contribution is -0.139. The van der Waals surface area contributed by atoms with Gasteiger partial charge in [-0.1, -0.05) is 55.3 Å². The molecule has 1 N–H and O–H groups in total. The van der Waals surface area contributed by atoms with E-state index in [0.717, 1.165) is 48.2 Å². The number of hydrogen-bond acceptors (Lipinski definition) is 3. The molecule has 2 aromatic carbocycles. The highest BCUT2D eigenvalue weighted by atomic mass is 32.2. The van der Waals surface area contributed by atoms with Gasteiger partial charge in [0, 0.05) is 12.6 Å². The van der Waals surface area contributed by atoms with Crippen LogP contribution in [0.2, 0.25) is 0 Å². The maximum atomic E-state index is 13.4. The number of alkyl halides is 3. The quantitative estimate of drug-likeness (QED) is 0.709. The highest BCUT2D eigenvalue weighted by Gasteiger charge is 2.39. The number of rotatable bonds is 7. The van der Waals surface area contributed by atoms with Gasteiger partial charge in [0.25, 0.3) is 0 Å². The Kier molecular flexibility index (Phi) is 6.82. The number of amides is 1. The number of halogens is 3. The van der Waals surface area contributed by atoms with Crippen LogP contribution in [0.15, 0.2) is 59.5 Å². The normalized spacial score (nSPS) is 15.5. The van der Waals surface area contributed by atoms with Crippen LogP contribution in [0.5, 0.6) is 0 Å². The van der Waals surface area contributed by atoms with Crippen LogP contribution in [0.1, 0.15) is 36.8 Å². The first-order valence-electron chi connectivity index (χ1n) is 9.67. The molecule has 2 aromatic rings. The van der Waals surface area contributed by atoms with Gasteiger partial charge in [0.15, 0.2) is 0 Å². The zero-order valence-corrected chi connectivity index (χ0v) is 17.0. The summed E-state index contributed by atoms with van der Waals surface area (Å²) in [4.78, 5) is 11.7. The van der Waals surface area contributed by atoms with Crippen LogP contribution in [0.3, 0.4) is 0 Å². The molecule has 1 aliphatic carbocycles. The first-order chi connectivity index (χ1) is 14.2. The van der Waals surface area contributed by atoms with Crippen LogP contribution < -0.4 is 5.32 Å². The molecular formula is C21H23F3N2O3S. The van der Waals surface area contributed by atoms with E-state index in [1.54, 1.807) is 30.3 Å². The van der Waals surface area contributed by atoms with E-state index < -0.39 is 39.1 Å². The highest BCUT2D eigenvalue weighted by molar-refractivity contribution is 7.89. The summed E-state index contributed by atoms with van der Waals surface area (Å²) in [7, 11) is -4.59. The van der Waals surface area contributed by atoms with Gasteiger partial charge in [-0.3, -0.25) is 4.79 Å². The molecule has 0 aromatic heterocycles. The van der Waals surface area contributed by atoms with E-state index in [9.17, 15) is 26.4 Å². The second-order valence-electron chi connectivity index (χ2n) is 7.30. The molecule has 0 saturated heterocycles. The van der Waals surface area contributed by atoms with Crippen molar-refractivity contribution in [2.75, 3.05) is 6.54 Å². The van der Waals surface area contributed by atoms with E-state index >= 15 is 0 Å². The standard InChI is InChI=1S/C21H23F3N2O3S/c22-21(23,24)18-12-6-7-13-19(18)30(28,29)26(14-16-8-2-1-3-9-16)15-20(27)25-17-10-4-5-11-17/h1-3,6-9,12-13,17H,4-5,10-11,14-15H2,(H,25,27). The molecule has 0 bridgehead atoms. The van der Waals surface area contributed by atoms with Crippen molar-refractivity contribution in [3.8, 4) is 0 Å². The second kappa shape index (κ2) is 9.18. The van der Waals surface area contributed by atoms with Crippen molar-refractivity contribution in [3.63, 3.8) is 0 Å². The van der Waals surface area contributed by atoms with Gasteiger partial charge in [0.1, 0.15) is 0 Å². The predicted octanol–water partition coefficient (Wildman–Crippen LogP) is 3.96. The Labute approximate surface area is 173 Å². The maximum absolute atomic E-state index is 13.4. The lowest BCUT2D eigenvalue weighted by atomic mass is 10.2. The van der Waals surface area contributed by atoms with Gasteiger partial charge in [-0.15, -0.1) is 0 Å². The summed E-state index contributed by atoms with van der Waals surface area (Å²) >= 11 is 0. The Morgan fingerprint density at radius 3 is 2.23 bits per heavy atom. The van der Waals surface area contributed by atoms with Crippen LogP contribution in [0, 0.1) is 0 Å². The number of nitrogens with one attached hydrogen (secondary N) is 1. The third-order valence-electron chi connectivity index (χ3n) is 5.05. The van der Waals surface area contributed by atoms with Crippen LogP contribution in [0.4, 0.5) is 13.2 Å². The monoisotopic (exact) mass is 440 g/mol. The molecule has 0 radical (unpaired) electrons. The van der Waals surface area contributed by atoms with Gasteiger partial charge in [-0.05, 0) is 30.5 Å². The molecule has 0 unspecified atom stereocenters. The summed E-state index contributed by atoms with van der Waals surface area (Å²) in [5.41, 5.74) is -0.682. The number of sulfonamides is 1. The molecule has 1 aliphatic rings. The van der Waals surface area contributed by atoms with Crippen LogP contribution in [0.25, 0.3) is 0 Å². The van der Waals surface area contributed by atoms with Crippen molar-refractivity contribution in [2.24, 2.45) is 0 Å². The predicted molar refractivity (Wildman–Crippen MR) is 106 cm³/mol. The van der Waals surface area contributed by atoms with Crippen molar-refractivity contribution in [1.29, 1.82) is 0 Å². The third-order valence-corrected chi connectivity index (χ3v) is 6.90. The van der Waals surface area contributed by atoms with Gasteiger partial charge < -0.3 is 5.32 Å². The minimum Gasteiger partial charge on any atom is -0.352 e. The summed E-state index contributed by atoms with van der Waals surface area (Å²) in [6.45, 7) is -0.770. The highest BCUT2D eigenvalue weighted by Crippen LogP contribution is 2.35. The van der Waals surface area contributed by atoms with Crippen molar-refractivity contribution in [3.05, 3.63) is 65.7 Å². The van der Waals surface area contributed by atoms with Crippen molar-refractivity contribution < 1.29 is 26.4 Å². The largest absolute Gasteiger partial charge is 0.417 e. The van der Waals surface area contributed by atoms with E-state index in [4.69, 9.17) is 0 Å². The molecule has 9 heteroatoms. The summed E-state index contributed by atoms with van der Waals surface area (Å²) < 4.78 is 67.6. The van der Waals surface area contributed by atoms with E-state index in [1.807, 2.05) is 0 Å². The number of carbonyl (C=O) groups is 1. The molecule has 0 atom stereocenters. The Hall–Kier alpha value is -2.39. The van der Waals surface area contributed by atoms with Crippen LogP contribution >= 0.6 is 0 Å². The summed E-state index contributed by atoms with van der Waals surface area (Å²) in [5, 5.41) is 2.80. The molecule has 0 spiro atoms. The molecule has 1 fully saturated rings. The smallest absolute Gasteiger partial charge is 0.352 e. The molecule has 0 aliphatic heterocycles. The molecule has 0 heterocycles. The molecule has 1 amide bonds.